The molecule has 3 aromatic rings. The van der Waals surface area contributed by atoms with Gasteiger partial charge in [0.25, 0.3) is 0 Å². The van der Waals surface area contributed by atoms with Crippen molar-refractivity contribution in [3.63, 3.8) is 0 Å². The van der Waals surface area contributed by atoms with Gasteiger partial charge >= 0.3 is 12.0 Å². The summed E-state index contributed by atoms with van der Waals surface area (Å²) in [5.74, 6) is -0.462. The molecule has 0 aromatic heterocycles. The van der Waals surface area contributed by atoms with Gasteiger partial charge in [-0.15, -0.1) is 0 Å². The van der Waals surface area contributed by atoms with Crippen molar-refractivity contribution in [1.82, 2.24) is 15.5 Å². The van der Waals surface area contributed by atoms with Crippen LogP contribution in [0.5, 0.6) is 0 Å². The summed E-state index contributed by atoms with van der Waals surface area (Å²) in [4.78, 5) is 27.3. The molecule has 2 aliphatic heterocycles. The first-order valence-electron chi connectivity index (χ1n) is 16.0. The molecule has 2 fully saturated rings. The first-order valence-corrected chi connectivity index (χ1v) is 16.0. The zero-order valence-electron chi connectivity index (χ0n) is 26.5. The number of carbonyl (C=O) groups excluding carboxylic acids is 2. The molecule has 246 valence electrons. The second-order valence-electron chi connectivity index (χ2n) is 12.1. The molecule has 0 saturated carbocycles. The van der Waals surface area contributed by atoms with Crippen LogP contribution in [0.15, 0.2) is 78.9 Å². The molecule has 2 amide bonds. The fourth-order valence-electron chi connectivity index (χ4n) is 6.27. The SMILES string of the molecule is COC(=O)[C@H](Cc1ccccc1)NC(=O)NCc1ccc([C@H]2O[C@@H](CN3CCC[C@H]3CO)[C@@H](C)[C@@H](c3ccc(CO)cc3)O2)cc1. The fourth-order valence-corrected chi connectivity index (χ4v) is 6.27. The monoisotopic (exact) mass is 631 g/mol. The number of urea groups is 1. The van der Waals surface area contributed by atoms with Gasteiger partial charge in [-0.25, -0.2) is 9.59 Å². The van der Waals surface area contributed by atoms with E-state index < -0.39 is 24.3 Å². The van der Waals surface area contributed by atoms with E-state index in [1.54, 1.807) is 0 Å². The Bertz CT molecular complexity index is 1400. The molecule has 5 rings (SSSR count). The van der Waals surface area contributed by atoms with Crippen LogP contribution in [0, 0.1) is 5.92 Å². The Kier molecular flexibility index (Phi) is 11.8. The molecule has 0 unspecified atom stereocenters. The van der Waals surface area contributed by atoms with Crippen LogP contribution >= 0.6 is 0 Å². The van der Waals surface area contributed by atoms with E-state index in [0.29, 0.717) is 13.0 Å². The highest BCUT2D eigenvalue weighted by Gasteiger charge is 2.40. The van der Waals surface area contributed by atoms with E-state index in [9.17, 15) is 19.8 Å². The maximum atomic E-state index is 12.7. The molecule has 0 aliphatic carbocycles. The topological polar surface area (TPSA) is 130 Å². The maximum absolute atomic E-state index is 12.7. The summed E-state index contributed by atoms with van der Waals surface area (Å²) < 4.78 is 18.1. The zero-order valence-corrected chi connectivity index (χ0v) is 26.5. The van der Waals surface area contributed by atoms with Crippen LogP contribution in [0.25, 0.3) is 0 Å². The van der Waals surface area contributed by atoms with Gasteiger partial charge in [-0.3, -0.25) is 4.90 Å². The number of amides is 2. The van der Waals surface area contributed by atoms with E-state index in [-0.39, 0.29) is 43.9 Å². The zero-order chi connectivity index (χ0) is 32.5. The lowest BCUT2D eigenvalue weighted by Gasteiger charge is -2.43. The first kappa shape index (κ1) is 33.6. The number of nitrogens with one attached hydrogen (secondary N) is 2. The number of esters is 1. The third kappa shape index (κ3) is 8.51. The molecule has 0 radical (unpaired) electrons. The molecule has 10 heteroatoms. The second kappa shape index (κ2) is 16.2. The van der Waals surface area contributed by atoms with Gasteiger partial charge in [0, 0.05) is 37.0 Å². The summed E-state index contributed by atoms with van der Waals surface area (Å²) in [6.45, 7) is 4.15. The van der Waals surface area contributed by atoms with Crippen molar-refractivity contribution in [3.8, 4) is 0 Å². The van der Waals surface area contributed by atoms with Crippen molar-refractivity contribution in [2.75, 3.05) is 26.8 Å². The molecular formula is C36H45N3O7. The number of benzene rings is 3. The second-order valence-corrected chi connectivity index (χ2v) is 12.1. The number of rotatable bonds is 12. The van der Waals surface area contributed by atoms with Crippen molar-refractivity contribution in [1.29, 1.82) is 0 Å². The van der Waals surface area contributed by atoms with Gasteiger partial charge < -0.3 is 35.1 Å². The van der Waals surface area contributed by atoms with Crippen LogP contribution in [0.1, 0.15) is 60.0 Å². The minimum Gasteiger partial charge on any atom is -0.467 e. The number of aliphatic hydroxyl groups is 2. The molecule has 3 aromatic carbocycles. The molecule has 2 aliphatic rings. The van der Waals surface area contributed by atoms with Gasteiger partial charge in [0.15, 0.2) is 6.29 Å². The van der Waals surface area contributed by atoms with Crippen LogP contribution in [0.3, 0.4) is 0 Å². The van der Waals surface area contributed by atoms with Crippen LogP contribution in [-0.2, 0) is 38.6 Å². The molecule has 2 saturated heterocycles. The van der Waals surface area contributed by atoms with Crippen molar-refractivity contribution in [3.05, 3.63) is 107 Å². The van der Waals surface area contributed by atoms with Crippen LogP contribution < -0.4 is 10.6 Å². The van der Waals surface area contributed by atoms with Crippen molar-refractivity contribution in [2.24, 2.45) is 5.92 Å². The molecule has 0 bridgehead atoms. The minimum absolute atomic E-state index is 0.0182. The van der Waals surface area contributed by atoms with Crippen molar-refractivity contribution >= 4 is 12.0 Å². The standard InChI is InChI=1S/C36H45N3O7/c1-24-32(21-39-18-6-9-30(39)23-41)45-35(46-33(24)28-14-12-27(22-40)13-15-28)29-16-10-26(11-17-29)20-37-36(43)38-31(34(42)44-2)19-25-7-4-3-5-8-25/h3-5,7-8,10-17,24,30-33,35,40-41H,6,9,18-23H2,1-2H3,(H2,37,38,43)/t24-,30+,31+,32+,33+,35+/m1/s1. The number of hydrogen-bond acceptors (Lipinski definition) is 8. The smallest absolute Gasteiger partial charge is 0.328 e. The Hall–Kier alpha value is -3.80. The number of hydrogen-bond donors (Lipinski definition) is 4. The molecule has 10 nitrogen and oxygen atoms in total. The number of methoxy groups -OCH3 is 1. The molecule has 4 N–H and O–H groups in total. The third-order valence-corrected chi connectivity index (χ3v) is 9.03. The Balaban J connectivity index is 1.24. The Morgan fingerprint density at radius 1 is 0.935 bits per heavy atom. The summed E-state index contributed by atoms with van der Waals surface area (Å²) in [5.41, 5.74) is 4.50. The Morgan fingerprint density at radius 2 is 1.63 bits per heavy atom. The highest BCUT2D eigenvalue weighted by atomic mass is 16.7. The largest absolute Gasteiger partial charge is 0.467 e. The predicted octanol–water partition coefficient (Wildman–Crippen LogP) is 4.01. The molecular weight excluding hydrogens is 586 g/mol. The molecule has 46 heavy (non-hydrogen) atoms. The Morgan fingerprint density at radius 3 is 2.30 bits per heavy atom. The summed E-state index contributed by atoms with van der Waals surface area (Å²) in [6, 6.07) is 23.9. The van der Waals surface area contributed by atoms with Gasteiger partial charge in [-0.1, -0.05) is 85.8 Å². The van der Waals surface area contributed by atoms with Crippen LogP contribution in [-0.4, -0.2) is 72.1 Å². The van der Waals surface area contributed by atoms with E-state index in [2.05, 4.69) is 22.5 Å². The lowest BCUT2D eigenvalue weighted by atomic mass is 9.90. The average molecular weight is 632 g/mol. The minimum atomic E-state index is -0.813. The van der Waals surface area contributed by atoms with E-state index in [0.717, 1.165) is 47.2 Å². The summed E-state index contributed by atoms with van der Waals surface area (Å²) >= 11 is 0. The number of aliphatic hydroxyl groups excluding tert-OH is 2. The lowest BCUT2D eigenvalue weighted by Crippen LogP contribution is -2.47. The normalized spacial score (nSPS) is 23.9. The van der Waals surface area contributed by atoms with E-state index in [4.69, 9.17) is 14.2 Å². The maximum Gasteiger partial charge on any atom is 0.328 e. The van der Waals surface area contributed by atoms with E-state index >= 15 is 0 Å². The number of nitrogens with zero attached hydrogens (tertiary/aromatic N) is 1. The molecule has 0 spiro atoms. The molecule has 2 heterocycles. The van der Waals surface area contributed by atoms with Crippen molar-refractivity contribution < 1.29 is 34.0 Å². The number of carbonyl (C=O) groups is 2. The first-order chi connectivity index (χ1) is 22.4. The van der Waals surface area contributed by atoms with Gasteiger partial charge in [0.2, 0.25) is 0 Å². The van der Waals surface area contributed by atoms with Gasteiger partial charge in [0.1, 0.15) is 6.04 Å². The summed E-state index contributed by atoms with van der Waals surface area (Å²) in [5, 5.41) is 25.0. The van der Waals surface area contributed by atoms with E-state index in [1.165, 1.54) is 7.11 Å². The fraction of sp³-hybridized carbons (Fsp3) is 0.444. The van der Waals surface area contributed by atoms with Crippen molar-refractivity contribution in [2.45, 2.75) is 69.9 Å². The van der Waals surface area contributed by atoms with Crippen LogP contribution in [0.2, 0.25) is 0 Å². The predicted molar refractivity (Wildman–Crippen MR) is 172 cm³/mol. The van der Waals surface area contributed by atoms with Gasteiger partial charge in [-0.05, 0) is 41.6 Å². The molecule has 6 atom stereocenters. The summed E-state index contributed by atoms with van der Waals surface area (Å²) in [7, 11) is 1.30. The number of ether oxygens (including phenoxy) is 3. The highest BCUT2D eigenvalue weighted by molar-refractivity contribution is 5.83. The van der Waals surface area contributed by atoms with E-state index in [1.807, 2.05) is 78.9 Å². The van der Waals surface area contributed by atoms with Crippen LogP contribution in [0.4, 0.5) is 4.79 Å². The van der Waals surface area contributed by atoms with Gasteiger partial charge in [0.05, 0.1) is 32.5 Å². The Labute approximate surface area is 270 Å². The third-order valence-electron chi connectivity index (χ3n) is 9.03. The summed E-state index contributed by atoms with van der Waals surface area (Å²) in [6.07, 6.45) is 1.40. The lowest BCUT2D eigenvalue weighted by molar-refractivity contribution is -0.276. The average Bonchev–Trinajstić information content (AvgIpc) is 3.55. The quantitative estimate of drug-likeness (QED) is 0.221. The van der Waals surface area contributed by atoms with Gasteiger partial charge in [-0.2, -0.15) is 0 Å². The number of likely N-dealkylation sites (tertiary alicyclic amines) is 1. The highest BCUT2D eigenvalue weighted by Crippen LogP contribution is 2.42.